The SMILES string of the molecule is Cc1cc(C)cc(C(=O)N2CCCCC2C(=O)NCCN2CC=CCC2)c1. The van der Waals surface area contributed by atoms with Crippen molar-refractivity contribution in [1.82, 2.24) is 15.1 Å². The molecule has 0 aromatic heterocycles. The molecule has 5 nitrogen and oxygen atoms in total. The molecule has 146 valence electrons. The average molecular weight is 370 g/mol. The predicted octanol–water partition coefficient (Wildman–Crippen LogP) is 2.68. The van der Waals surface area contributed by atoms with E-state index in [-0.39, 0.29) is 17.9 Å². The summed E-state index contributed by atoms with van der Waals surface area (Å²) in [5.41, 5.74) is 2.84. The van der Waals surface area contributed by atoms with Gasteiger partial charge in [0.2, 0.25) is 5.91 Å². The Balaban J connectivity index is 1.61. The van der Waals surface area contributed by atoms with Gasteiger partial charge < -0.3 is 10.2 Å². The lowest BCUT2D eigenvalue weighted by Crippen LogP contribution is -2.52. The number of hydrogen-bond donors (Lipinski definition) is 1. The first-order chi connectivity index (χ1) is 13.0. The molecule has 2 amide bonds. The highest BCUT2D eigenvalue weighted by molar-refractivity contribution is 5.98. The van der Waals surface area contributed by atoms with E-state index in [9.17, 15) is 9.59 Å². The lowest BCUT2D eigenvalue weighted by atomic mass is 9.99. The zero-order valence-electron chi connectivity index (χ0n) is 16.5. The fourth-order valence-electron chi connectivity index (χ4n) is 4.06. The molecule has 0 aliphatic carbocycles. The second-order valence-electron chi connectivity index (χ2n) is 7.74. The number of amides is 2. The first-order valence-electron chi connectivity index (χ1n) is 10.1. The molecular weight excluding hydrogens is 338 g/mol. The van der Waals surface area contributed by atoms with E-state index in [1.165, 1.54) is 0 Å². The van der Waals surface area contributed by atoms with Crippen molar-refractivity contribution in [1.29, 1.82) is 0 Å². The normalized spacial score (nSPS) is 20.5. The van der Waals surface area contributed by atoms with Crippen molar-refractivity contribution < 1.29 is 9.59 Å². The molecule has 0 bridgehead atoms. The van der Waals surface area contributed by atoms with Gasteiger partial charge in [-0.2, -0.15) is 0 Å². The standard InChI is InChI=1S/C22H31N3O2/c1-17-14-18(2)16-19(15-17)22(27)25-12-7-4-8-20(25)21(26)23-9-13-24-10-5-3-6-11-24/h3,5,14-16,20H,4,6-13H2,1-2H3,(H,23,26). The molecule has 1 fully saturated rings. The Morgan fingerprint density at radius 1 is 1.07 bits per heavy atom. The summed E-state index contributed by atoms with van der Waals surface area (Å²) in [6.45, 7) is 8.15. The van der Waals surface area contributed by atoms with Crippen molar-refractivity contribution in [2.75, 3.05) is 32.7 Å². The summed E-state index contributed by atoms with van der Waals surface area (Å²) in [5, 5.41) is 3.06. The lowest BCUT2D eigenvalue weighted by Gasteiger charge is -2.35. The van der Waals surface area contributed by atoms with Crippen LogP contribution >= 0.6 is 0 Å². The van der Waals surface area contributed by atoms with Crippen LogP contribution in [0.5, 0.6) is 0 Å². The minimum absolute atomic E-state index is 0.0139. The van der Waals surface area contributed by atoms with Crippen LogP contribution in [-0.2, 0) is 4.79 Å². The average Bonchev–Trinajstić information content (AvgIpc) is 2.67. The molecule has 1 aromatic rings. The third kappa shape index (κ3) is 5.19. The number of hydrogen-bond acceptors (Lipinski definition) is 3. The summed E-state index contributed by atoms with van der Waals surface area (Å²) in [6, 6.07) is 5.55. The fourth-order valence-corrected chi connectivity index (χ4v) is 4.06. The molecule has 2 aliphatic rings. The number of benzene rings is 1. The second-order valence-corrected chi connectivity index (χ2v) is 7.74. The number of carbonyl (C=O) groups excluding carboxylic acids is 2. The van der Waals surface area contributed by atoms with Gasteiger partial charge in [-0.15, -0.1) is 0 Å². The summed E-state index contributed by atoms with van der Waals surface area (Å²) < 4.78 is 0. The number of aryl methyl sites for hydroxylation is 2. The van der Waals surface area contributed by atoms with Crippen LogP contribution in [0, 0.1) is 13.8 Å². The molecule has 0 radical (unpaired) electrons. The maximum atomic E-state index is 13.1. The zero-order chi connectivity index (χ0) is 19.2. The van der Waals surface area contributed by atoms with Crippen LogP contribution in [0.15, 0.2) is 30.4 Å². The molecule has 0 saturated carbocycles. The Labute approximate surface area is 162 Å². The largest absolute Gasteiger partial charge is 0.353 e. The van der Waals surface area contributed by atoms with Crippen LogP contribution in [-0.4, -0.2) is 60.4 Å². The Morgan fingerprint density at radius 2 is 1.85 bits per heavy atom. The highest BCUT2D eigenvalue weighted by Gasteiger charge is 2.32. The molecule has 0 spiro atoms. The van der Waals surface area contributed by atoms with Crippen LogP contribution in [0.4, 0.5) is 0 Å². The summed E-state index contributed by atoms with van der Waals surface area (Å²) in [4.78, 5) is 30.0. The minimum atomic E-state index is -0.353. The van der Waals surface area contributed by atoms with E-state index in [1.807, 2.05) is 26.0 Å². The molecule has 1 unspecified atom stereocenters. The Morgan fingerprint density at radius 3 is 2.56 bits per heavy atom. The van der Waals surface area contributed by atoms with Gasteiger partial charge in [-0.25, -0.2) is 0 Å². The maximum Gasteiger partial charge on any atom is 0.254 e. The monoisotopic (exact) mass is 369 g/mol. The van der Waals surface area contributed by atoms with Crippen molar-refractivity contribution >= 4 is 11.8 Å². The van der Waals surface area contributed by atoms with Gasteiger partial charge >= 0.3 is 0 Å². The van der Waals surface area contributed by atoms with Gasteiger partial charge in [0.25, 0.3) is 5.91 Å². The highest BCUT2D eigenvalue weighted by atomic mass is 16.2. The minimum Gasteiger partial charge on any atom is -0.353 e. The molecule has 2 aliphatic heterocycles. The third-order valence-electron chi connectivity index (χ3n) is 5.40. The molecule has 2 heterocycles. The fraction of sp³-hybridized carbons (Fsp3) is 0.545. The van der Waals surface area contributed by atoms with Crippen LogP contribution < -0.4 is 5.32 Å². The van der Waals surface area contributed by atoms with Crippen LogP contribution in [0.2, 0.25) is 0 Å². The van der Waals surface area contributed by atoms with Crippen LogP contribution in [0.25, 0.3) is 0 Å². The van der Waals surface area contributed by atoms with Gasteiger partial charge in [0.05, 0.1) is 0 Å². The Kier molecular flexibility index (Phi) is 6.67. The highest BCUT2D eigenvalue weighted by Crippen LogP contribution is 2.21. The van der Waals surface area contributed by atoms with Crippen molar-refractivity contribution in [2.45, 2.75) is 45.6 Å². The maximum absolute atomic E-state index is 13.1. The number of piperidine rings is 1. The van der Waals surface area contributed by atoms with Gasteiger partial charge in [-0.05, 0) is 51.7 Å². The van der Waals surface area contributed by atoms with E-state index >= 15 is 0 Å². The van der Waals surface area contributed by atoms with Crippen LogP contribution in [0.3, 0.4) is 0 Å². The Hall–Kier alpha value is -2.14. The van der Waals surface area contributed by atoms with Crippen molar-refractivity contribution in [3.05, 3.63) is 47.0 Å². The molecule has 1 saturated heterocycles. The summed E-state index contributed by atoms with van der Waals surface area (Å²) in [5.74, 6) is -0.0391. The lowest BCUT2D eigenvalue weighted by molar-refractivity contribution is -0.126. The van der Waals surface area contributed by atoms with Crippen molar-refractivity contribution in [3.63, 3.8) is 0 Å². The molecule has 1 aromatic carbocycles. The van der Waals surface area contributed by atoms with Gasteiger partial charge in [0, 0.05) is 38.3 Å². The van der Waals surface area contributed by atoms with E-state index < -0.39 is 0 Å². The van der Waals surface area contributed by atoms with Crippen LogP contribution in [0.1, 0.15) is 47.2 Å². The van der Waals surface area contributed by atoms with Crippen molar-refractivity contribution in [3.8, 4) is 0 Å². The van der Waals surface area contributed by atoms with Gasteiger partial charge in [-0.3, -0.25) is 14.5 Å². The van der Waals surface area contributed by atoms with E-state index in [0.29, 0.717) is 18.7 Å². The number of nitrogens with one attached hydrogen (secondary N) is 1. The van der Waals surface area contributed by atoms with Gasteiger partial charge in [-0.1, -0.05) is 29.3 Å². The number of carbonyl (C=O) groups is 2. The first kappa shape index (κ1) is 19.6. The smallest absolute Gasteiger partial charge is 0.254 e. The second kappa shape index (κ2) is 9.18. The van der Waals surface area contributed by atoms with Gasteiger partial charge in [0.1, 0.15) is 6.04 Å². The topological polar surface area (TPSA) is 52.7 Å². The summed E-state index contributed by atoms with van der Waals surface area (Å²) in [7, 11) is 0. The molecule has 1 atom stereocenters. The third-order valence-corrected chi connectivity index (χ3v) is 5.40. The number of likely N-dealkylation sites (tertiary alicyclic amines) is 1. The van der Waals surface area contributed by atoms with Crippen molar-refractivity contribution in [2.24, 2.45) is 0 Å². The molecular formula is C22H31N3O2. The van der Waals surface area contributed by atoms with E-state index in [0.717, 1.165) is 56.4 Å². The van der Waals surface area contributed by atoms with E-state index in [4.69, 9.17) is 0 Å². The van der Waals surface area contributed by atoms with E-state index in [1.54, 1.807) is 4.90 Å². The van der Waals surface area contributed by atoms with Gasteiger partial charge in [0.15, 0.2) is 0 Å². The molecule has 5 heteroatoms. The summed E-state index contributed by atoms with van der Waals surface area (Å²) >= 11 is 0. The molecule has 1 N–H and O–H groups in total. The summed E-state index contributed by atoms with van der Waals surface area (Å²) in [6.07, 6.45) is 8.15. The number of nitrogens with zero attached hydrogens (tertiary/aromatic N) is 2. The van der Waals surface area contributed by atoms with E-state index in [2.05, 4.69) is 28.4 Å². The molecule has 3 rings (SSSR count). The first-order valence-corrected chi connectivity index (χ1v) is 10.1. The zero-order valence-corrected chi connectivity index (χ0v) is 16.5. The number of rotatable bonds is 5. The molecule has 27 heavy (non-hydrogen) atoms. The Bertz CT molecular complexity index is 693. The quantitative estimate of drug-likeness (QED) is 0.812. The predicted molar refractivity (Wildman–Crippen MR) is 108 cm³/mol.